The van der Waals surface area contributed by atoms with Crippen molar-refractivity contribution in [2.45, 2.75) is 0 Å². The van der Waals surface area contributed by atoms with Gasteiger partial charge in [0.15, 0.2) is 5.82 Å². The number of fused-ring (bicyclic) bond motifs is 10. The summed E-state index contributed by atoms with van der Waals surface area (Å²) in [7, 11) is 0. The Labute approximate surface area is 297 Å². The van der Waals surface area contributed by atoms with Gasteiger partial charge in [0.25, 0.3) is 0 Å². The van der Waals surface area contributed by atoms with Crippen LogP contribution in [-0.4, -0.2) is 19.1 Å². The number of aromatic nitrogens is 4. The van der Waals surface area contributed by atoms with Crippen molar-refractivity contribution in [1.82, 2.24) is 19.1 Å². The van der Waals surface area contributed by atoms with Crippen LogP contribution in [0.4, 0.5) is 0 Å². The molecular formula is C46H28N4S. The third kappa shape index (κ3) is 4.19. The van der Waals surface area contributed by atoms with Crippen LogP contribution in [0, 0.1) is 0 Å². The van der Waals surface area contributed by atoms with Crippen molar-refractivity contribution in [3.63, 3.8) is 0 Å². The minimum atomic E-state index is 0.713. The first kappa shape index (κ1) is 28.3. The summed E-state index contributed by atoms with van der Waals surface area (Å²) in [6.45, 7) is 0. The molecule has 11 rings (SSSR count). The monoisotopic (exact) mass is 668 g/mol. The highest BCUT2D eigenvalue weighted by Crippen LogP contribution is 2.47. The van der Waals surface area contributed by atoms with Gasteiger partial charge in [-0.3, -0.25) is 0 Å². The summed E-state index contributed by atoms with van der Waals surface area (Å²) in [5.41, 5.74) is 9.81. The number of para-hydroxylation sites is 4. The van der Waals surface area contributed by atoms with Crippen molar-refractivity contribution >= 4 is 75.3 Å². The molecule has 4 aromatic heterocycles. The fourth-order valence-corrected chi connectivity index (χ4v) is 9.29. The Morgan fingerprint density at radius 2 is 1.06 bits per heavy atom. The second-order valence-electron chi connectivity index (χ2n) is 13.0. The number of rotatable bonds is 4. The van der Waals surface area contributed by atoms with Crippen molar-refractivity contribution < 1.29 is 0 Å². The van der Waals surface area contributed by atoms with E-state index in [1.54, 1.807) is 0 Å². The molecule has 0 aliphatic carbocycles. The van der Waals surface area contributed by atoms with E-state index in [2.05, 4.69) is 167 Å². The van der Waals surface area contributed by atoms with Gasteiger partial charge in [-0.15, -0.1) is 11.3 Å². The minimum absolute atomic E-state index is 0.713. The molecule has 0 saturated carbocycles. The highest BCUT2D eigenvalue weighted by atomic mass is 32.1. The summed E-state index contributed by atoms with van der Waals surface area (Å²) >= 11 is 1.88. The molecule has 0 N–H and O–H groups in total. The highest BCUT2D eigenvalue weighted by molar-refractivity contribution is 7.26. The van der Waals surface area contributed by atoms with Crippen LogP contribution < -0.4 is 0 Å². The standard InChI is InChI=1S/C46H28N4S/c1-3-14-29(15-4-1)42-35-21-7-10-23-38(35)47-45(48-42)30-16-13-19-32(28-30)49-39-24-11-8-20-33(39)34-26-27-37-41-36-22-9-12-25-40(36)50(31-17-5-2-6-18-31)46(41)51-44(37)43(34)49/h1-28H. The molecule has 0 atom stereocenters. The summed E-state index contributed by atoms with van der Waals surface area (Å²) < 4.78 is 6.15. The van der Waals surface area contributed by atoms with Crippen LogP contribution in [0.2, 0.25) is 0 Å². The molecule has 4 nitrogen and oxygen atoms in total. The number of thiophene rings is 1. The lowest BCUT2D eigenvalue weighted by atomic mass is 10.1. The van der Waals surface area contributed by atoms with Crippen molar-refractivity contribution in [3.05, 3.63) is 170 Å². The van der Waals surface area contributed by atoms with Crippen LogP contribution in [0.3, 0.4) is 0 Å². The van der Waals surface area contributed by atoms with Gasteiger partial charge in [-0.2, -0.15) is 0 Å². The van der Waals surface area contributed by atoms with Crippen LogP contribution in [0.5, 0.6) is 0 Å². The predicted molar refractivity (Wildman–Crippen MR) is 214 cm³/mol. The second kappa shape index (κ2) is 11.0. The first-order valence-corrected chi connectivity index (χ1v) is 18.0. The number of hydrogen-bond acceptors (Lipinski definition) is 3. The molecule has 0 saturated heterocycles. The summed E-state index contributed by atoms with van der Waals surface area (Å²) in [6.07, 6.45) is 0. The molecule has 238 valence electrons. The summed E-state index contributed by atoms with van der Waals surface area (Å²) in [5.74, 6) is 0.713. The van der Waals surface area contributed by atoms with Crippen LogP contribution >= 0.6 is 11.3 Å². The van der Waals surface area contributed by atoms with Gasteiger partial charge in [-0.25, -0.2) is 9.97 Å². The predicted octanol–water partition coefficient (Wildman–Crippen LogP) is 12.4. The van der Waals surface area contributed by atoms with Crippen molar-refractivity contribution in [2.75, 3.05) is 0 Å². The Morgan fingerprint density at radius 1 is 0.431 bits per heavy atom. The normalized spacial score (nSPS) is 11.9. The van der Waals surface area contributed by atoms with Crippen LogP contribution in [0.1, 0.15) is 0 Å². The lowest BCUT2D eigenvalue weighted by molar-refractivity contribution is 1.18. The molecule has 0 unspecified atom stereocenters. The third-order valence-electron chi connectivity index (χ3n) is 10.1. The quantitative estimate of drug-likeness (QED) is 0.187. The van der Waals surface area contributed by atoms with Crippen LogP contribution in [0.15, 0.2) is 170 Å². The Kier molecular flexibility index (Phi) is 6.09. The first-order valence-electron chi connectivity index (χ1n) is 17.2. The topological polar surface area (TPSA) is 35.6 Å². The fourth-order valence-electron chi connectivity index (χ4n) is 7.91. The molecule has 0 fully saturated rings. The van der Waals surface area contributed by atoms with E-state index >= 15 is 0 Å². The Hall–Kier alpha value is -6.56. The maximum absolute atomic E-state index is 5.21. The zero-order valence-corrected chi connectivity index (χ0v) is 28.2. The Balaban J connectivity index is 1.20. The molecule has 0 aliphatic rings. The maximum atomic E-state index is 5.21. The van der Waals surface area contributed by atoms with E-state index < -0.39 is 0 Å². The first-order chi connectivity index (χ1) is 25.3. The van der Waals surface area contributed by atoms with Gasteiger partial charge in [0, 0.05) is 54.8 Å². The van der Waals surface area contributed by atoms with Crippen LogP contribution in [0.25, 0.3) is 97.9 Å². The lowest BCUT2D eigenvalue weighted by Crippen LogP contribution is -1.98. The summed E-state index contributed by atoms with van der Waals surface area (Å²) in [4.78, 5) is 11.6. The molecule has 5 heteroatoms. The van der Waals surface area contributed by atoms with Gasteiger partial charge < -0.3 is 9.13 Å². The van der Waals surface area contributed by atoms with Gasteiger partial charge in [0.2, 0.25) is 0 Å². The molecule has 0 amide bonds. The van der Waals surface area contributed by atoms with Crippen molar-refractivity contribution in [1.29, 1.82) is 0 Å². The van der Waals surface area contributed by atoms with E-state index in [-0.39, 0.29) is 0 Å². The van der Waals surface area contributed by atoms with E-state index in [1.165, 1.54) is 58.7 Å². The van der Waals surface area contributed by atoms with Crippen molar-refractivity contribution in [2.24, 2.45) is 0 Å². The average molecular weight is 669 g/mol. The fraction of sp³-hybridized carbons (Fsp3) is 0. The minimum Gasteiger partial charge on any atom is -0.308 e. The summed E-state index contributed by atoms with van der Waals surface area (Å²) in [6, 6.07) is 60.3. The highest BCUT2D eigenvalue weighted by Gasteiger charge is 2.22. The third-order valence-corrected chi connectivity index (χ3v) is 11.3. The van der Waals surface area contributed by atoms with Crippen molar-refractivity contribution in [3.8, 4) is 34.0 Å². The SMILES string of the molecule is c1ccc(-c2nc(-c3cccc(-n4c5ccccc5c5ccc6c(sc7c6c6ccccc6n7-c6ccccc6)c54)c3)nc3ccccc23)cc1. The molecule has 51 heavy (non-hydrogen) atoms. The molecule has 0 aliphatic heterocycles. The van der Waals surface area contributed by atoms with E-state index in [0.717, 1.165) is 33.4 Å². The van der Waals surface area contributed by atoms with Gasteiger partial charge in [-0.05, 0) is 42.5 Å². The lowest BCUT2D eigenvalue weighted by Gasteiger charge is -2.12. The molecular weight excluding hydrogens is 641 g/mol. The molecule has 7 aromatic carbocycles. The zero-order chi connectivity index (χ0) is 33.5. The number of benzene rings is 7. The maximum Gasteiger partial charge on any atom is 0.160 e. The average Bonchev–Trinajstić information content (AvgIpc) is 3.85. The van der Waals surface area contributed by atoms with E-state index in [4.69, 9.17) is 9.97 Å². The Bertz CT molecular complexity index is 3130. The largest absolute Gasteiger partial charge is 0.308 e. The molecule has 0 spiro atoms. The molecule has 0 radical (unpaired) electrons. The van der Waals surface area contributed by atoms with Crippen LogP contribution in [-0.2, 0) is 0 Å². The van der Waals surface area contributed by atoms with Gasteiger partial charge in [0.1, 0.15) is 4.83 Å². The number of hydrogen-bond donors (Lipinski definition) is 0. The van der Waals surface area contributed by atoms with Gasteiger partial charge in [0.05, 0.1) is 32.5 Å². The number of nitrogens with zero attached hydrogens (tertiary/aromatic N) is 4. The molecule has 11 aromatic rings. The smallest absolute Gasteiger partial charge is 0.160 e. The second-order valence-corrected chi connectivity index (χ2v) is 14.0. The van der Waals surface area contributed by atoms with Gasteiger partial charge in [-0.1, -0.05) is 127 Å². The van der Waals surface area contributed by atoms with E-state index in [9.17, 15) is 0 Å². The van der Waals surface area contributed by atoms with E-state index in [0.29, 0.717) is 5.82 Å². The zero-order valence-electron chi connectivity index (χ0n) is 27.4. The Morgan fingerprint density at radius 3 is 1.88 bits per heavy atom. The van der Waals surface area contributed by atoms with E-state index in [1.807, 2.05) is 23.5 Å². The summed E-state index contributed by atoms with van der Waals surface area (Å²) in [5, 5.41) is 7.39. The molecule has 0 bridgehead atoms. The molecule has 4 heterocycles. The van der Waals surface area contributed by atoms with Gasteiger partial charge >= 0.3 is 0 Å².